The second-order valence-electron chi connectivity index (χ2n) is 5.13. The van der Waals surface area contributed by atoms with Gasteiger partial charge in [-0.3, -0.25) is 15.5 Å². The molecule has 2 aliphatic heterocycles. The molecular formula is C12H21F3N4. The lowest BCUT2D eigenvalue weighted by atomic mass is 10.2. The van der Waals surface area contributed by atoms with Crippen molar-refractivity contribution in [3.05, 3.63) is 12.3 Å². The van der Waals surface area contributed by atoms with Gasteiger partial charge in [-0.15, -0.1) is 0 Å². The molecule has 1 unspecified atom stereocenters. The van der Waals surface area contributed by atoms with Crippen molar-refractivity contribution in [1.82, 2.24) is 14.7 Å². The summed E-state index contributed by atoms with van der Waals surface area (Å²) in [6.07, 6.45) is 0.598. The number of alkyl halides is 3. The van der Waals surface area contributed by atoms with Gasteiger partial charge in [-0.05, 0) is 13.1 Å². The Bertz CT molecular complexity index is 336. The van der Waals surface area contributed by atoms with E-state index in [0.29, 0.717) is 26.2 Å². The van der Waals surface area contributed by atoms with Gasteiger partial charge in [0.15, 0.2) is 0 Å². The quantitative estimate of drug-likeness (QED) is 0.836. The van der Waals surface area contributed by atoms with E-state index in [1.165, 1.54) is 4.90 Å². The maximum absolute atomic E-state index is 12.3. The Morgan fingerprint density at radius 2 is 1.84 bits per heavy atom. The minimum absolute atomic E-state index is 0.413. The van der Waals surface area contributed by atoms with Gasteiger partial charge in [0.2, 0.25) is 0 Å². The lowest BCUT2D eigenvalue weighted by Gasteiger charge is -2.48. The molecule has 0 spiro atoms. The molecule has 2 heterocycles. The first-order valence-corrected chi connectivity index (χ1v) is 6.61. The van der Waals surface area contributed by atoms with Crippen LogP contribution in [-0.2, 0) is 0 Å². The normalized spacial score (nSPS) is 30.3. The Morgan fingerprint density at radius 3 is 2.37 bits per heavy atom. The Morgan fingerprint density at radius 1 is 1.21 bits per heavy atom. The Hall–Kier alpha value is -0.790. The zero-order valence-corrected chi connectivity index (χ0v) is 11.2. The number of hydrogen-bond acceptors (Lipinski definition) is 4. The fraction of sp³-hybridized carbons (Fsp3) is 0.833. The van der Waals surface area contributed by atoms with Crippen LogP contribution >= 0.6 is 0 Å². The summed E-state index contributed by atoms with van der Waals surface area (Å²) in [4.78, 5) is 5.58. The minimum Gasteiger partial charge on any atom is -0.348 e. The number of rotatable bonds is 3. The van der Waals surface area contributed by atoms with E-state index in [2.05, 4.69) is 4.90 Å². The van der Waals surface area contributed by atoms with E-state index in [1.807, 2.05) is 24.1 Å². The number of piperazine rings is 1. The molecule has 4 nitrogen and oxygen atoms in total. The maximum atomic E-state index is 12.3. The molecule has 2 rings (SSSR count). The highest BCUT2D eigenvalue weighted by Crippen LogP contribution is 2.27. The minimum atomic E-state index is -4.12. The highest BCUT2D eigenvalue weighted by molar-refractivity contribution is 5.05. The largest absolute Gasteiger partial charge is 0.401 e. The second-order valence-corrected chi connectivity index (χ2v) is 5.13. The predicted molar refractivity (Wildman–Crippen MR) is 67.1 cm³/mol. The first kappa shape index (κ1) is 14.6. The van der Waals surface area contributed by atoms with Crippen LogP contribution in [0.3, 0.4) is 0 Å². The van der Waals surface area contributed by atoms with Crippen molar-refractivity contribution in [2.45, 2.75) is 25.3 Å². The topological polar surface area (TPSA) is 35.7 Å². The van der Waals surface area contributed by atoms with Crippen molar-refractivity contribution in [2.75, 3.05) is 39.3 Å². The van der Waals surface area contributed by atoms with Gasteiger partial charge in [0.25, 0.3) is 0 Å². The summed E-state index contributed by atoms with van der Waals surface area (Å²) in [5.41, 5.74) is 6.41. The van der Waals surface area contributed by atoms with Gasteiger partial charge in [-0.25, -0.2) is 0 Å². The predicted octanol–water partition coefficient (Wildman–Crippen LogP) is 1.02. The monoisotopic (exact) mass is 278 g/mol. The first-order valence-electron chi connectivity index (χ1n) is 6.61. The molecule has 0 bridgehead atoms. The molecule has 1 saturated heterocycles. The third-order valence-electron chi connectivity index (χ3n) is 3.86. The summed E-state index contributed by atoms with van der Waals surface area (Å²) in [6, 6.07) is 0. The average molecular weight is 278 g/mol. The van der Waals surface area contributed by atoms with Crippen LogP contribution in [-0.4, -0.2) is 65.9 Å². The summed E-state index contributed by atoms with van der Waals surface area (Å²) >= 11 is 0. The second kappa shape index (κ2) is 5.30. The molecule has 0 saturated carbocycles. The van der Waals surface area contributed by atoms with Crippen molar-refractivity contribution in [2.24, 2.45) is 5.73 Å². The average Bonchev–Trinajstić information content (AvgIpc) is 2.70. The fourth-order valence-corrected chi connectivity index (χ4v) is 2.84. The van der Waals surface area contributed by atoms with Crippen LogP contribution in [0, 0.1) is 0 Å². The van der Waals surface area contributed by atoms with Gasteiger partial charge in [0, 0.05) is 39.1 Å². The van der Waals surface area contributed by atoms with Gasteiger partial charge in [-0.1, -0.05) is 6.08 Å². The van der Waals surface area contributed by atoms with Gasteiger partial charge >= 0.3 is 6.18 Å². The highest BCUT2D eigenvalue weighted by Gasteiger charge is 2.41. The molecule has 2 aliphatic rings. The van der Waals surface area contributed by atoms with Gasteiger partial charge in [-0.2, -0.15) is 13.2 Å². The van der Waals surface area contributed by atoms with E-state index in [4.69, 9.17) is 5.73 Å². The molecule has 0 aliphatic carbocycles. The van der Waals surface area contributed by atoms with Gasteiger partial charge in [0.05, 0.1) is 6.54 Å². The Kier molecular flexibility index (Phi) is 4.08. The van der Waals surface area contributed by atoms with E-state index < -0.39 is 18.5 Å². The van der Waals surface area contributed by atoms with Crippen molar-refractivity contribution in [3.8, 4) is 0 Å². The maximum Gasteiger partial charge on any atom is 0.401 e. The summed E-state index contributed by atoms with van der Waals surface area (Å²) in [6.45, 7) is 3.97. The first-order chi connectivity index (χ1) is 8.85. The van der Waals surface area contributed by atoms with Crippen LogP contribution in [0.25, 0.3) is 0 Å². The number of nitrogens with zero attached hydrogens (tertiary/aromatic N) is 3. The van der Waals surface area contributed by atoms with E-state index in [1.54, 1.807) is 0 Å². The molecular weight excluding hydrogens is 257 g/mol. The Labute approximate surface area is 111 Å². The SMILES string of the molecule is CCN1C=CCC1(N)N1CCN(CC(F)(F)F)CC1. The summed E-state index contributed by atoms with van der Waals surface area (Å²) < 4.78 is 37.0. The zero-order chi connectivity index (χ0) is 14.1. The number of halogens is 3. The molecule has 0 aromatic carbocycles. The van der Waals surface area contributed by atoms with Crippen LogP contribution in [0.1, 0.15) is 13.3 Å². The van der Waals surface area contributed by atoms with Crippen molar-refractivity contribution < 1.29 is 13.2 Å². The summed E-state index contributed by atoms with van der Waals surface area (Å²) in [7, 11) is 0. The summed E-state index contributed by atoms with van der Waals surface area (Å²) in [5.74, 6) is -0.556. The third-order valence-corrected chi connectivity index (χ3v) is 3.86. The number of nitrogens with two attached hydrogens (primary N) is 1. The molecule has 0 aromatic heterocycles. The van der Waals surface area contributed by atoms with Crippen LogP contribution in [0.15, 0.2) is 12.3 Å². The molecule has 1 atom stereocenters. The van der Waals surface area contributed by atoms with E-state index in [0.717, 1.165) is 13.0 Å². The van der Waals surface area contributed by atoms with Crippen molar-refractivity contribution in [1.29, 1.82) is 0 Å². The Balaban J connectivity index is 1.90. The van der Waals surface area contributed by atoms with Gasteiger partial charge < -0.3 is 4.90 Å². The fourth-order valence-electron chi connectivity index (χ4n) is 2.84. The molecule has 0 radical (unpaired) electrons. The van der Waals surface area contributed by atoms with Crippen LogP contribution in [0.5, 0.6) is 0 Å². The third kappa shape index (κ3) is 3.21. The molecule has 1 fully saturated rings. The lowest BCUT2D eigenvalue weighted by Crippen LogP contribution is -2.67. The van der Waals surface area contributed by atoms with Crippen molar-refractivity contribution in [3.63, 3.8) is 0 Å². The van der Waals surface area contributed by atoms with Crippen LogP contribution in [0.4, 0.5) is 13.2 Å². The van der Waals surface area contributed by atoms with Crippen LogP contribution < -0.4 is 5.73 Å². The number of hydrogen-bond donors (Lipinski definition) is 1. The molecule has 19 heavy (non-hydrogen) atoms. The van der Waals surface area contributed by atoms with Crippen LogP contribution in [0.2, 0.25) is 0 Å². The van der Waals surface area contributed by atoms with E-state index >= 15 is 0 Å². The van der Waals surface area contributed by atoms with E-state index in [-0.39, 0.29) is 0 Å². The van der Waals surface area contributed by atoms with Crippen molar-refractivity contribution >= 4 is 0 Å². The van der Waals surface area contributed by atoms with E-state index in [9.17, 15) is 13.2 Å². The molecule has 110 valence electrons. The standard InChI is InChI=1S/C12H21F3N4/c1-2-18-5-3-4-12(18,16)19-8-6-17(7-9-19)10-11(13,14)15/h3,5H,2,4,6-10,16H2,1H3. The summed E-state index contributed by atoms with van der Waals surface area (Å²) in [5, 5.41) is 0. The van der Waals surface area contributed by atoms with Gasteiger partial charge in [0.1, 0.15) is 5.79 Å². The zero-order valence-electron chi connectivity index (χ0n) is 11.2. The lowest BCUT2D eigenvalue weighted by molar-refractivity contribution is -0.153. The highest BCUT2D eigenvalue weighted by atomic mass is 19.4. The smallest absolute Gasteiger partial charge is 0.348 e. The molecule has 2 N–H and O–H groups in total. The molecule has 0 aromatic rings. The molecule has 0 amide bonds. The molecule has 7 heteroatoms.